The number of ether oxygens (including phenoxy) is 1. The van der Waals surface area contributed by atoms with E-state index in [4.69, 9.17) is 4.74 Å². The van der Waals surface area contributed by atoms with E-state index in [1.165, 1.54) is 12.1 Å². The summed E-state index contributed by atoms with van der Waals surface area (Å²) in [5.41, 5.74) is 0.138. The summed E-state index contributed by atoms with van der Waals surface area (Å²) >= 11 is 0. The molecule has 1 aromatic carbocycles. The van der Waals surface area contributed by atoms with E-state index in [2.05, 4.69) is 15.5 Å². The molecule has 1 aromatic heterocycles. The molecule has 2 aromatic rings. The Kier molecular flexibility index (Phi) is 4.07. The highest BCUT2D eigenvalue weighted by Gasteiger charge is 2.12. The average Bonchev–Trinajstić information content (AvgIpc) is 2.40. The smallest absolute Gasteiger partial charge is 0.276 e. The van der Waals surface area contributed by atoms with Crippen molar-refractivity contribution < 1.29 is 9.53 Å². The van der Waals surface area contributed by atoms with Gasteiger partial charge in [-0.15, -0.1) is 0 Å². The van der Waals surface area contributed by atoms with Crippen LogP contribution in [-0.2, 0) is 0 Å². The molecule has 0 aliphatic rings. The predicted octanol–water partition coefficient (Wildman–Crippen LogP) is 2.20. The van der Waals surface area contributed by atoms with Gasteiger partial charge in [0.15, 0.2) is 0 Å². The molecule has 2 N–H and O–H groups in total. The normalized spacial score (nSPS) is 11.0. The highest BCUT2D eigenvalue weighted by atomic mass is 16.5. The maximum absolute atomic E-state index is 11.9. The van der Waals surface area contributed by atoms with Gasteiger partial charge >= 0.3 is 0 Å². The fourth-order valence-electron chi connectivity index (χ4n) is 1.63. The van der Waals surface area contributed by atoms with Crippen molar-refractivity contribution in [3.05, 3.63) is 52.4 Å². The molecule has 0 fully saturated rings. The van der Waals surface area contributed by atoms with E-state index in [9.17, 15) is 9.59 Å². The van der Waals surface area contributed by atoms with Crippen LogP contribution in [0.2, 0.25) is 0 Å². The Morgan fingerprint density at radius 2 is 1.81 bits per heavy atom. The number of amides is 1. The summed E-state index contributed by atoms with van der Waals surface area (Å²) in [7, 11) is 0. The van der Waals surface area contributed by atoms with Gasteiger partial charge in [-0.05, 0) is 51.1 Å². The number of nitrogens with zero attached hydrogens (tertiary/aromatic N) is 1. The summed E-state index contributed by atoms with van der Waals surface area (Å²) in [6, 6.07) is 9.66. The molecule has 2 rings (SSSR count). The average molecular weight is 287 g/mol. The van der Waals surface area contributed by atoms with Gasteiger partial charge in [-0.25, -0.2) is 5.10 Å². The summed E-state index contributed by atoms with van der Waals surface area (Å²) in [5, 5.41) is 8.57. The highest BCUT2D eigenvalue weighted by Crippen LogP contribution is 2.20. The molecule has 0 radical (unpaired) electrons. The molecule has 0 aliphatic heterocycles. The maximum Gasteiger partial charge on any atom is 0.276 e. The molecular formula is C15H17N3O3. The zero-order valence-electron chi connectivity index (χ0n) is 12.1. The van der Waals surface area contributed by atoms with Gasteiger partial charge in [0.2, 0.25) is 0 Å². The Balaban J connectivity index is 2.04. The molecule has 6 heteroatoms. The van der Waals surface area contributed by atoms with Crippen molar-refractivity contribution in [2.75, 3.05) is 5.32 Å². The van der Waals surface area contributed by atoms with Crippen LogP contribution in [0.25, 0.3) is 0 Å². The van der Waals surface area contributed by atoms with E-state index in [1.807, 2.05) is 20.8 Å². The SMILES string of the molecule is CC(C)(C)Oc1ccc(NC(=O)c2ccc(=O)[nH]n2)cc1. The summed E-state index contributed by atoms with van der Waals surface area (Å²) in [6.07, 6.45) is 0. The minimum Gasteiger partial charge on any atom is -0.488 e. The first-order valence-electron chi connectivity index (χ1n) is 6.50. The van der Waals surface area contributed by atoms with E-state index in [1.54, 1.807) is 24.3 Å². The van der Waals surface area contributed by atoms with Gasteiger partial charge in [0.1, 0.15) is 17.0 Å². The van der Waals surface area contributed by atoms with Gasteiger partial charge in [0.25, 0.3) is 11.5 Å². The first kappa shape index (κ1) is 14.8. The second-order valence-corrected chi connectivity index (χ2v) is 5.50. The molecule has 21 heavy (non-hydrogen) atoms. The fraction of sp³-hybridized carbons (Fsp3) is 0.267. The number of aromatic nitrogens is 2. The number of nitrogens with one attached hydrogen (secondary N) is 2. The van der Waals surface area contributed by atoms with Crippen LogP contribution >= 0.6 is 0 Å². The summed E-state index contributed by atoms with van der Waals surface area (Å²) in [5.74, 6) is 0.332. The Morgan fingerprint density at radius 3 is 2.33 bits per heavy atom. The summed E-state index contributed by atoms with van der Waals surface area (Å²) in [6.45, 7) is 5.89. The van der Waals surface area contributed by atoms with Gasteiger partial charge < -0.3 is 10.1 Å². The first-order chi connectivity index (χ1) is 9.83. The number of hydrogen-bond donors (Lipinski definition) is 2. The lowest BCUT2D eigenvalue weighted by atomic mass is 10.2. The molecule has 0 unspecified atom stereocenters. The molecule has 0 atom stereocenters. The second kappa shape index (κ2) is 5.78. The summed E-state index contributed by atoms with van der Waals surface area (Å²) in [4.78, 5) is 22.8. The second-order valence-electron chi connectivity index (χ2n) is 5.50. The third-order valence-electron chi connectivity index (χ3n) is 2.45. The minimum absolute atomic E-state index is 0.143. The lowest BCUT2D eigenvalue weighted by Crippen LogP contribution is -2.22. The van der Waals surface area contributed by atoms with Crippen LogP contribution in [0.1, 0.15) is 31.3 Å². The third-order valence-corrected chi connectivity index (χ3v) is 2.45. The van der Waals surface area contributed by atoms with Crippen LogP contribution in [0.3, 0.4) is 0 Å². The largest absolute Gasteiger partial charge is 0.488 e. The van der Waals surface area contributed by atoms with Crippen molar-refractivity contribution in [2.24, 2.45) is 0 Å². The van der Waals surface area contributed by atoms with Gasteiger partial charge in [0.05, 0.1) is 0 Å². The van der Waals surface area contributed by atoms with Crippen molar-refractivity contribution in [3.8, 4) is 5.75 Å². The molecular weight excluding hydrogens is 270 g/mol. The van der Waals surface area contributed by atoms with Crippen LogP contribution in [0.4, 0.5) is 5.69 Å². The topological polar surface area (TPSA) is 84.1 Å². The molecule has 110 valence electrons. The quantitative estimate of drug-likeness (QED) is 0.906. The number of carbonyl (C=O) groups is 1. The number of carbonyl (C=O) groups excluding carboxylic acids is 1. The number of benzene rings is 1. The fourth-order valence-corrected chi connectivity index (χ4v) is 1.63. The standard InChI is InChI=1S/C15H17N3O3/c1-15(2,3)21-11-6-4-10(5-7-11)16-14(20)12-8-9-13(19)18-17-12/h4-9H,1-3H3,(H,16,20)(H,18,19). The zero-order chi connectivity index (χ0) is 15.5. The Morgan fingerprint density at radius 1 is 1.14 bits per heavy atom. The number of aromatic amines is 1. The van der Waals surface area contributed by atoms with Crippen molar-refractivity contribution in [2.45, 2.75) is 26.4 Å². The summed E-state index contributed by atoms with van der Waals surface area (Å²) < 4.78 is 5.69. The molecule has 0 aliphatic carbocycles. The van der Waals surface area contributed by atoms with Gasteiger partial charge in [0, 0.05) is 11.8 Å². The van der Waals surface area contributed by atoms with E-state index in [0.29, 0.717) is 5.69 Å². The monoisotopic (exact) mass is 287 g/mol. The first-order valence-corrected chi connectivity index (χ1v) is 6.50. The van der Waals surface area contributed by atoms with E-state index >= 15 is 0 Å². The van der Waals surface area contributed by atoms with Gasteiger partial charge in [-0.2, -0.15) is 5.10 Å². The number of hydrogen-bond acceptors (Lipinski definition) is 4. The van der Waals surface area contributed by atoms with Crippen molar-refractivity contribution >= 4 is 11.6 Å². The third kappa shape index (κ3) is 4.45. The molecule has 6 nitrogen and oxygen atoms in total. The van der Waals surface area contributed by atoms with E-state index < -0.39 is 5.91 Å². The molecule has 0 saturated heterocycles. The zero-order valence-corrected chi connectivity index (χ0v) is 12.1. The maximum atomic E-state index is 11.9. The van der Waals surface area contributed by atoms with Crippen LogP contribution < -0.4 is 15.6 Å². The lowest BCUT2D eigenvalue weighted by molar-refractivity contribution is 0.102. The highest BCUT2D eigenvalue weighted by molar-refractivity contribution is 6.02. The molecule has 1 amide bonds. The van der Waals surface area contributed by atoms with E-state index in [-0.39, 0.29) is 16.9 Å². The van der Waals surface area contributed by atoms with Crippen LogP contribution in [0.5, 0.6) is 5.75 Å². The van der Waals surface area contributed by atoms with Crippen molar-refractivity contribution in [1.29, 1.82) is 0 Å². The van der Waals surface area contributed by atoms with Crippen LogP contribution in [-0.4, -0.2) is 21.7 Å². The predicted molar refractivity (Wildman–Crippen MR) is 79.6 cm³/mol. The molecule has 0 saturated carbocycles. The van der Waals surface area contributed by atoms with E-state index in [0.717, 1.165) is 5.75 Å². The Bertz CT molecular complexity index is 664. The number of rotatable bonds is 3. The van der Waals surface area contributed by atoms with Crippen molar-refractivity contribution in [3.63, 3.8) is 0 Å². The molecule has 0 spiro atoms. The Labute approximate surface area is 122 Å². The van der Waals surface area contributed by atoms with Crippen LogP contribution in [0.15, 0.2) is 41.2 Å². The number of H-pyrrole nitrogens is 1. The minimum atomic E-state index is -0.393. The van der Waals surface area contributed by atoms with Crippen molar-refractivity contribution in [1.82, 2.24) is 10.2 Å². The van der Waals surface area contributed by atoms with Crippen LogP contribution in [0, 0.1) is 0 Å². The van der Waals surface area contributed by atoms with Gasteiger partial charge in [-0.3, -0.25) is 9.59 Å². The number of anilines is 1. The molecule has 0 bridgehead atoms. The Hall–Kier alpha value is -2.63. The van der Waals surface area contributed by atoms with Gasteiger partial charge in [-0.1, -0.05) is 0 Å². The lowest BCUT2D eigenvalue weighted by Gasteiger charge is -2.21. The molecule has 1 heterocycles.